The Morgan fingerprint density at radius 1 is 1.25 bits per heavy atom. The molecule has 0 aliphatic heterocycles. The van der Waals surface area contributed by atoms with Gasteiger partial charge in [-0.05, 0) is 30.3 Å². The predicted molar refractivity (Wildman–Crippen MR) is 83.5 cm³/mol. The van der Waals surface area contributed by atoms with Crippen molar-refractivity contribution in [2.75, 3.05) is 5.32 Å². The number of anilines is 1. The summed E-state index contributed by atoms with van der Waals surface area (Å²) in [6, 6.07) is 11.3. The summed E-state index contributed by atoms with van der Waals surface area (Å²) in [6.45, 7) is 0. The molecule has 0 unspecified atom stereocenters. The van der Waals surface area contributed by atoms with Crippen molar-refractivity contribution in [2.24, 2.45) is 0 Å². The summed E-state index contributed by atoms with van der Waals surface area (Å²) in [7, 11) is 0. The first-order chi connectivity index (χ1) is 9.72. The van der Waals surface area contributed by atoms with E-state index in [1.165, 1.54) is 11.3 Å². The molecule has 3 aromatic rings. The summed E-state index contributed by atoms with van der Waals surface area (Å²) >= 11 is 4.80. The predicted octanol–water partition coefficient (Wildman–Crippen LogP) is 3.95. The van der Waals surface area contributed by atoms with Gasteiger partial charge in [-0.15, -0.1) is 11.3 Å². The lowest BCUT2D eigenvalue weighted by atomic mass is 10.3. The number of aromatic nitrogens is 2. The normalized spacial score (nSPS) is 10.4. The Morgan fingerprint density at radius 2 is 2.05 bits per heavy atom. The molecule has 3 rings (SSSR count). The molecule has 0 fully saturated rings. The lowest BCUT2D eigenvalue weighted by Crippen LogP contribution is -2.12. The highest BCUT2D eigenvalue weighted by molar-refractivity contribution is 9.10. The zero-order chi connectivity index (χ0) is 13.9. The van der Waals surface area contributed by atoms with E-state index in [0.29, 0.717) is 5.69 Å². The van der Waals surface area contributed by atoms with Crippen molar-refractivity contribution in [2.45, 2.75) is 0 Å². The van der Waals surface area contributed by atoms with E-state index >= 15 is 0 Å². The molecule has 100 valence electrons. The minimum absolute atomic E-state index is 0.210. The molecule has 0 spiro atoms. The van der Waals surface area contributed by atoms with Crippen molar-refractivity contribution >= 4 is 38.9 Å². The molecule has 1 amide bonds. The Balaban J connectivity index is 1.78. The molecule has 6 heteroatoms. The van der Waals surface area contributed by atoms with Crippen molar-refractivity contribution in [1.29, 1.82) is 0 Å². The second-order valence-electron chi connectivity index (χ2n) is 4.07. The number of hydrogen-bond acceptors (Lipinski definition) is 3. The third-order valence-corrected chi connectivity index (χ3v) is 3.98. The highest BCUT2D eigenvalue weighted by Crippen LogP contribution is 2.18. The summed E-state index contributed by atoms with van der Waals surface area (Å²) in [5.41, 5.74) is 1.15. The van der Waals surface area contributed by atoms with Crippen LogP contribution in [0.4, 0.5) is 5.69 Å². The van der Waals surface area contributed by atoms with Crippen LogP contribution in [0.5, 0.6) is 0 Å². The van der Waals surface area contributed by atoms with Crippen LogP contribution in [0.15, 0.2) is 58.6 Å². The third-order valence-electron chi connectivity index (χ3n) is 2.63. The zero-order valence-corrected chi connectivity index (χ0v) is 12.7. The van der Waals surface area contributed by atoms with Gasteiger partial charge in [-0.3, -0.25) is 4.79 Å². The Labute approximate surface area is 128 Å². The molecule has 0 saturated heterocycles. The lowest BCUT2D eigenvalue weighted by molar-refractivity contribution is 0.102. The van der Waals surface area contributed by atoms with Crippen LogP contribution in [0.3, 0.4) is 0 Å². The van der Waals surface area contributed by atoms with Gasteiger partial charge in [0.05, 0.1) is 0 Å². The lowest BCUT2D eigenvalue weighted by Gasteiger charge is -2.03. The smallest absolute Gasteiger partial charge is 0.275 e. The van der Waals surface area contributed by atoms with Crippen LogP contribution >= 0.6 is 27.3 Å². The van der Waals surface area contributed by atoms with Gasteiger partial charge in [-0.25, -0.2) is 4.98 Å². The van der Waals surface area contributed by atoms with Gasteiger partial charge in [-0.1, -0.05) is 22.0 Å². The molecule has 0 aliphatic carbocycles. The van der Waals surface area contributed by atoms with Crippen LogP contribution < -0.4 is 5.32 Å². The minimum Gasteiger partial charge on any atom is -0.321 e. The first kappa shape index (κ1) is 13.1. The largest absolute Gasteiger partial charge is 0.321 e. The summed E-state index contributed by atoms with van der Waals surface area (Å²) < 4.78 is 2.79. The number of carbonyl (C=O) groups excluding carboxylic acids is 1. The summed E-state index contributed by atoms with van der Waals surface area (Å²) in [5, 5.41) is 5.35. The van der Waals surface area contributed by atoms with Crippen molar-refractivity contribution in [1.82, 2.24) is 9.55 Å². The van der Waals surface area contributed by atoms with Gasteiger partial charge in [0.15, 0.2) is 5.13 Å². The van der Waals surface area contributed by atoms with E-state index in [0.717, 1.165) is 15.3 Å². The van der Waals surface area contributed by atoms with Gasteiger partial charge >= 0.3 is 0 Å². The van der Waals surface area contributed by atoms with Gasteiger partial charge in [0.1, 0.15) is 5.69 Å². The Kier molecular flexibility index (Phi) is 3.66. The maximum atomic E-state index is 12.1. The third kappa shape index (κ3) is 2.81. The highest BCUT2D eigenvalue weighted by Gasteiger charge is 2.11. The standard InChI is InChI=1S/C14H10BrN3OS/c15-10-4-3-5-11(8-10)16-13(19)12-9-20-14(17-12)18-6-1-2-7-18/h1-9H,(H,16,19). The molecule has 0 aliphatic rings. The number of nitrogens with zero attached hydrogens (tertiary/aromatic N) is 2. The number of amides is 1. The van der Waals surface area contributed by atoms with Crippen molar-refractivity contribution in [3.8, 4) is 5.13 Å². The number of hydrogen-bond donors (Lipinski definition) is 1. The molecule has 0 saturated carbocycles. The van der Waals surface area contributed by atoms with E-state index in [1.807, 2.05) is 53.4 Å². The first-order valence-corrected chi connectivity index (χ1v) is 7.55. The van der Waals surface area contributed by atoms with E-state index < -0.39 is 0 Å². The van der Waals surface area contributed by atoms with Crippen LogP contribution in [0, 0.1) is 0 Å². The van der Waals surface area contributed by atoms with Gasteiger partial charge in [0.2, 0.25) is 0 Å². The topological polar surface area (TPSA) is 46.9 Å². The van der Waals surface area contributed by atoms with Crippen LogP contribution in [0.25, 0.3) is 5.13 Å². The molecule has 0 radical (unpaired) electrons. The van der Waals surface area contributed by atoms with E-state index in [1.54, 1.807) is 5.38 Å². The maximum Gasteiger partial charge on any atom is 0.275 e. The minimum atomic E-state index is -0.210. The Morgan fingerprint density at radius 3 is 2.80 bits per heavy atom. The van der Waals surface area contributed by atoms with Crippen LogP contribution in [0.2, 0.25) is 0 Å². The number of rotatable bonds is 3. The quantitative estimate of drug-likeness (QED) is 0.779. The van der Waals surface area contributed by atoms with Gasteiger partial charge < -0.3 is 9.88 Å². The first-order valence-electron chi connectivity index (χ1n) is 5.88. The van der Waals surface area contributed by atoms with Gasteiger partial charge in [-0.2, -0.15) is 0 Å². The van der Waals surface area contributed by atoms with Crippen molar-refractivity contribution in [3.05, 3.63) is 64.3 Å². The number of halogens is 1. The number of carbonyl (C=O) groups is 1. The second-order valence-corrected chi connectivity index (χ2v) is 5.82. The van der Waals surface area contributed by atoms with Crippen molar-refractivity contribution < 1.29 is 4.79 Å². The second kappa shape index (κ2) is 5.60. The molecule has 1 aromatic carbocycles. The van der Waals surface area contributed by atoms with Crippen LogP contribution in [0.1, 0.15) is 10.5 Å². The molecular formula is C14H10BrN3OS. The summed E-state index contributed by atoms with van der Waals surface area (Å²) in [6.07, 6.45) is 3.80. The zero-order valence-electron chi connectivity index (χ0n) is 10.3. The average Bonchev–Trinajstić information content (AvgIpc) is 3.10. The SMILES string of the molecule is O=C(Nc1cccc(Br)c1)c1csc(-n2cccc2)n1. The summed E-state index contributed by atoms with van der Waals surface area (Å²) in [5.74, 6) is -0.210. The Bertz CT molecular complexity index is 736. The average molecular weight is 348 g/mol. The molecule has 2 heterocycles. The van der Waals surface area contributed by atoms with Gasteiger partial charge in [0.25, 0.3) is 5.91 Å². The molecule has 0 atom stereocenters. The molecule has 4 nitrogen and oxygen atoms in total. The van der Waals surface area contributed by atoms with Crippen molar-refractivity contribution in [3.63, 3.8) is 0 Å². The summed E-state index contributed by atoms with van der Waals surface area (Å²) in [4.78, 5) is 16.4. The highest BCUT2D eigenvalue weighted by atomic mass is 79.9. The monoisotopic (exact) mass is 347 g/mol. The fourth-order valence-corrected chi connectivity index (χ4v) is 2.88. The molecule has 20 heavy (non-hydrogen) atoms. The van der Waals surface area contributed by atoms with Crippen LogP contribution in [-0.4, -0.2) is 15.5 Å². The molecular weight excluding hydrogens is 338 g/mol. The number of nitrogens with one attached hydrogen (secondary N) is 1. The fourth-order valence-electron chi connectivity index (χ4n) is 1.71. The molecule has 1 N–H and O–H groups in total. The fraction of sp³-hybridized carbons (Fsp3) is 0. The van der Waals surface area contributed by atoms with E-state index in [2.05, 4.69) is 26.2 Å². The maximum absolute atomic E-state index is 12.1. The Hall–Kier alpha value is -1.92. The van der Waals surface area contributed by atoms with Gasteiger partial charge in [0, 0.05) is 27.9 Å². The van der Waals surface area contributed by atoms with Crippen LogP contribution in [-0.2, 0) is 0 Å². The van der Waals surface area contributed by atoms with E-state index in [4.69, 9.17) is 0 Å². The molecule has 0 bridgehead atoms. The number of thiazole rings is 1. The van der Waals surface area contributed by atoms with E-state index in [9.17, 15) is 4.79 Å². The van der Waals surface area contributed by atoms with E-state index in [-0.39, 0.29) is 5.91 Å². The molecule has 2 aromatic heterocycles. The number of benzene rings is 1.